The molecule has 0 unspecified atom stereocenters. The number of carboxylic acid groups (broad SMARTS) is 1. The van der Waals surface area contributed by atoms with Crippen LogP contribution >= 0.6 is 0 Å². The van der Waals surface area contributed by atoms with Crippen LogP contribution in [-0.4, -0.2) is 64.3 Å². The number of hydrogen-bond acceptors (Lipinski definition) is 4. The van der Waals surface area contributed by atoms with Gasteiger partial charge in [-0.1, -0.05) is 0 Å². The van der Waals surface area contributed by atoms with Gasteiger partial charge in [-0.2, -0.15) is 0 Å². The van der Waals surface area contributed by atoms with Crippen LogP contribution in [0.2, 0.25) is 0 Å². The van der Waals surface area contributed by atoms with Crippen molar-refractivity contribution in [2.75, 3.05) is 25.0 Å². The molecule has 2 saturated heterocycles. The Kier molecular flexibility index (Phi) is 6.20. The number of rotatable bonds is 5. The number of anilines is 1. The highest BCUT2D eigenvalue weighted by atomic mass is 16.4. The summed E-state index contributed by atoms with van der Waals surface area (Å²) in [4.78, 5) is 51.6. The van der Waals surface area contributed by atoms with Gasteiger partial charge in [0.05, 0.1) is 11.8 Å². The molecule has 3 rings (SSSR count). The topological polar surface area (TPSA) is 107 Å². The molecule has 0 bridgehead atoms. The van der Waals surface area contributed by atoms with Gasteiger partial charge in [-0.05, 0) is 51.0 Å². The molecule has 0 aromatic heterocycles. The maximum atomic E-state index is 12.6. The lowest BCUT2D eigenvalue weighted by atomic mass is 9.97. The SMILES string of the molecule is CC(C)N1C[C@H](C(=O)Nc2ccc(C(=O)N3CCC[C@H](C(=O)O)C3)cc2)CC1=O. The number of carboxylic acids is 1. The van der Waals surface area contributed by atoms with E-state index in [1.54, 1.807) is 34.1 Å². The Morgan fingerprint density at radius 2 is 1.79 bits per heavy atom. The van der Waals surface area contributed by atoms with E-state index in [1.807, 2.05) is 13.8 Å². The van der Waals surface area contributed by atoms with Gasteiger partial charge in [0.1, 0.15) is 0 Å². The Labute approximate surface area is 169 Å². The number of carbonyl (C=O) groups is 4. The molecule has 8 heteroatoms. The number of piperidine rings is 1. The summed E-state index contributed by atoms with van der Waals surface area (Å²) < 4.78 is 0. The lowest BCUT2D eigenvalue weighted by Crippen LogP contribution is -2.42. The molecular formula is C21H27N3O5. The number of nitrogens with one attached hydrogen (secondary N) is 1. The molecule has 0 radical (unpaired) electrons. The molecule has 0 saturated carbocycles. The molecule has 2 aliphatic rings. The highest BCUT2D eigenvalue weighted by Gasteiger charge is 2.35. The molecular weight excluding hydrogens is 374 g/mol. The smallest absolute Gasteiger partial charge is 0.308 e. The summed E-state index contributed by atoms with van der Waals surface area (Å²) in [6.45, 7) is 5.03. The summed E-state index contributed by atoms with van der Waals surface area (Å²) >= 11 is 0. The lowest BCUT2D eigenvalue weighted by molar-refractivity contribution is -0.143. The second-order valence-electron chi connectivity index (χ2n) is 8.04. The maximum Gasteiger partial charge on any atom is 0.308 e. The summed E-state index contributed by atoms with van der Waals surface area (Å²) in [6, 6.07) is 6.63. The first-order valence-electron chi connectivity index (χ1n) is 9.98. The molecule has 2 fully saturated rings. The minimum atomic E-state index is -0.873. The zero-order valence-electron chi connectivity index (χ0n) is 16.8. The van der Waals surface area contributed by atoms with Crippen LogP contribution in [-0.2, 0) is 14.4 Å². The molecule has 2 heterocycles. The minimum Gasteiger partial charge on any atom is -0.481 e. The molecule has 29 heavy (non-hydrogen) atoms. The van der Waals surface area contributed by atoms with Crippen LogP contribution in [0.4, 0.5) is 5.69 Å². The van der Waals surface area contributed by atoms with E-state index in [2.05, 4.69) is 5.32 Å². The quantitative estimate of drug-likeness (QED) is 0.783. The normalized spacial score (nSPS) is 22.1. The van der Waals surface area contributed by atoms with Crippen LogP contribution in [0.5, 0.6) is 0 Å². The average Bonchev–Trinajstić information content (AvgIpc) is 3.10. The van der Waals surface area contributed by atoms with E-state index in [1.165, 1.54) is 0 Å². The minimum absolute atomic E-state index is 0.0118. The summed E-state index contributed by atoms with van der Waals surface area (Å²) in [6.07, 6.45) is 1.46. The van der Waals surface area contributed by atoms with E-state index in [9.17, 15) is 24.3 Å². The average molecular weight is 401 g/mol. The highest BCUT2D eigenvalue weighted by Crippen LogP contribution is 2.23. The maximum absolute atomic E-state index is 12.6. The van der Waals surface area contributed by atoms with E-state index < -0.39 is 11.9 Å². The summed E-state index contributed by atoms with van der Waals surface area (Å²) in [7, 11) is 0. The first-order chi connectivity index (χ1) is 13.8. The highest BCUT2D eigenvalue weighted by molar-refractivity contribution is 5.98. The first kappa shape index (κ1) is 20.8. The fourth-order valence-electron chi connectivity index (χ4n) is 3.89. The van der Waals surface area contributed by atoms with Crippen molar-refractivity contribution in [1.29, 1.82) is 0 Å². The van der Waals surface area contributed by atoms with Gasteiger partial charge < -0.3 is 20.2 Å². The van der Waals surface area contributed by atoms with E-state index in [-0.39, 0.29) is 42.6 Å². The van der Waals surface area contributed by atoms with Crippen LogP contribution in [0.3, 0.4) is 0 Å². The molecule has 0 aliphatic carbocycles. The molecule has 2 aliphatic heterocycles. The standard InChI is InChI=1S/C21H27N3O5/c1-13(2)24-12-16(10-18(24)25)19(26)22-17-7-5-14(6-8-17)20(27)23-9-3-4-15(11-23)21(28)29/h5-8,13,15-16H,3-4,9-12H2,1-2H3,(H,22,26)(H,28,29)/t15-,16+/m0/s1. The Bertz CT molecular complexity index is 805. The van der Waals surface area contributed by atoms with Crippen LogP contribution in [0, 0.1) is 11.8 Å². The van der Waals surface area contributed by atoms with Gasteiger partial charge in [-0.3, -0.25) is 19.2 Å². The lowest BCUT2D eigenvalue weighted by Gasteiger charge is -2.30. The van der Waals surface area contributed by atoms with E-state index in [0.717, 1.165) is 0 Å². The van der Waals surface area contributed by atoms with Crippen molar-refractivity contribution < 1.29 is 24.3 Å². The van der Waals surface area contributed by atoms with Gasteiger partial charge in [0, 0.05) is 43.3 Å². The van der Waals surface area contributed by atoms with Gasteiger partial charge >= 0.3 is 5.97 Å². The molecule has 3 amide bonds. The van der Waals surface area contributed by atoms with E-state index in [0.29, 0.717) is 37.2 Å². The Morgan fingerprint density at radius 3 is 2.38 bits per heavy atom. The van der Waals surface area contributed by atoms with Crippen LogP contribution in [0.25, 0.3) is 0 Å². The van der Waals surface area contributed by atoms with Crippen molar-refractivity contribution in [1.82, 2.24) is 9.80 Å². The molecule has 2 atom stereocenters. The third-order valence-electron chi connectivity index (χ3n) is 5.61. The molecule has 156 valence electrons. The molecule has 8 nitrogen and oxygen atoms in total. The molecule has 0 spiro atoms. The number of benzene rings is 1. The number of hydrogen-bond donors (Lipinski definition) is 2. The van der Waals surface area contributed by atoms with Gasteiger partial charge in [0.25, 0.3) is 5.91 Å². The number of amides is 3. The third-order valence-corrected chi connectivity index (χ3v) is 5.61. The summed E-state index contributed by atoms with van der Waals surface area (Å²) in [5.41, 5.74) is 1.01. The Morgan fingerprint density at radius 1 is 1.10 bits per heavy atom. The van der Waals surface area contributed by atoms with Gasteiger partial charge in [-0.25, -0.2) is 0 Å². The second kappa shape index (κ2) is 8.63. The van der Waals surface area contributed by atoms with Crippen LogP contribution < -0.4 is 5.32 Å². The fraction of sp³-hybridized carbons (Fsp3) is 0.524. The van der Waals surface area contributed by atoms with E-state index in [4.69, 9.17) is 0 Å². The number of carbonyl (C=O) groups excluding carboxylic acids is 3. The zero-order chi connectivity index (χ0) is 21.1. The number of likely N-dealkylation sites (tertiary alicyclic amines) is 2. The van der Waals surface area contributed by atoms with Crippen molar-refractivity contribution in [3.05, 3.63) is 29.8 Å². The van der Waals surface area contributed by atoms with Crippen LogP contribution in [0.1, 0.15) is 43.5 Å². The summed E-state index contributed by atoms with van der Waals surface area (Å²) in [5, 5.41) is 12.0. The number of nitrogens with zero attached hydrogens (tertiary/aromatic N) is 2. The molecule has 2 N–H and O–H groups in total. The first-order valence-corrected chi connectivity index (χ1v) is 9.98. The second-order valence-corrected chi connectivity index (χ2v) is 8.04. The van der Waals surface area contributed by atoms with Gasteiger partial charge in [0.15, 0.2) is 0 Å². The van der Waals surface area contributed by atoms with Crippen LogP contribution in [0.15, 0.2) is 24.3 Å². The van der Waals surface area contributed by atoms with E-state index >= 15 is 0 Å². The largest absolute Gasteiger partial charge is 0.481 e. The fourth-order valence-corrected chi connectivity index (χ4v) is 3.89. The Hall–Kier alpha value is -2.90. The van der Waals surface area contributed by atoms with Gasteiger partial charge in [0.2, 0.25) is 11.8 Å². The zero-order valence-corrected chi connectivity index (χ0v) is 16.8. The van der Waals surface area contributed by atoms with Gasteiger partial charge in [-0.15, -0.1) is 0 Å². The molecule has 1 aromatic carbocycles. The van der Waals surface area contributed by atoms with Crippen molar-refractivity contribution in [2.24, 2.45) is 11.8 Å². The number of aliphatic carboxylic acids is 1. The van der Waals surface area contributed by atoms with Crippen molar-refractivity contribution in [3.8, 4) is 0 Å². The third kappa shape index (κ3) is 4.75. The molecule has 1 aromatic rings. The van der Waals surface area contributed by atoms with Crippen molar-refractivity contribution >= 4 is 29.4 Å². The predicted octanol–water partition coefficient (Wildman–Crippen LogP) is 1.82. The Balaban J connectivity index is 1.59. The van der Waals surface area contributed by atoms with Crippen molar-refractivity contribution in [3.63, 3.8) is 0 Å². The summed E-state index contributed by atoms with van der Waals surface area (Å²) in [5.74, 6) is -2.20. The van der Waals surface area contributed by atoms with Crippen molar-refractivity contribution in [2.45, 2.75) is 39.2 Å². The predicted molar refractivity (Wildman–Crippen MR) is 106 cm³/mol. The monoisotopic (exact) mass is 401 g/mol.